The Morgan fingerprint density at radius 3 is 2.26 bits per heavy atom. The summed E-state index contributed by atoms with van der Waals surface area (Å²) in [6.45, 7) is 6.97. The number of nitrogens with zero attached hydrogens (tertiary/aromatic N) is 1. The fourth-order valence-electron chi connectivity index (χ4n) is 2.47. The van der Waals surface area contributed by atoms with E-state index in [1.165, 1.54) is 0 Å². The SMILES string of the molecule is COc1ccc(N(C)C(CN)C(C)C)c(OC)c1C. The highest BCUT2D eigenvalue weighted by Gasteiger charge is 2.22. The van der Waals surface area contributed by atoms with Crippen LogP contribution in [-0.4, -0.2) is 33.9 Å². The molecule has 0 bridgehead atoms. The lowest BCUT2D eigenvalue weighted by Gasteiger charge is -2.33. The Hall–Kier alpha value is -1.42. The maximum Gasteiger partial charge on any atom is 0.148 e. The number of rotatable bonds is 6. The van der Waals surface area contributed by atoms with Crippen molar-refractivity contribution in [1.29, 1.82) is 0 Å². The number of benzene rings is 1. The normalized spacial score (nSPS) is 12.4. The van der Waals surface area contributed by atoms with Gasteiger partial charge in [-0.15, -0.1) is 0 Å². The number of nitrogens with two attached hydrogens (primary N) is 1. The molecule has 0 saturated carbocycles. The van der Waals surface area contributed by atoms with Gasteiger partial charge in [-0.25, -0.2) is 0 Å². The Labute approximate surface area is 116 Å². The molecule has 108 valence electrons. The Morgan fingerprint density at radius 1 is 1.21 bits per heavy atom. The molecule has 19 heavy (non-hydrogen) atoms. The second kappa shape index (κ2) is 6.66. The van der Waals surface area contributed by atoms with Crippen LogP contribution < -0.4 is 20.1 Å². The highest BCUT2D eigenvalue weighted by atomic mass is 16.5. The first kappa shape index (κ1) is 15.6. The second-order valence-electron chi connectivity index (χ2n) is 5.10. The Bertz CT molecular complexity index is 419. The lowest BCUT2D eigenvalue weighted by Crippen LogP contribution is -2.42. The van der Waals surface area contributed by atoms with E-state index in [1.807, 2.05) is 19.1 Å². The van der Waals surface area contributed by atoms with Crippen LogP contribution in [0.1, 0.15) is 19.4 Å². The molecule has 1 aromatic carbocycles. The van der Waals surface area contributed by atoms with Crippen molar-refractivity contribution in [1.82, 2.24) is 0 Å². The molecule has 1 rings (SSSR count). The Kier molecular flexibility index (Phi) is 5.48. The van der Waals surface area contributed by atoms with Crippen LogP contribution in [0, 0.1) is 12.8 Å². The number of ether oxygens (including phenoxy) is 2. The van der Waals surface area contributed by atoms with Crippen LogP contribution in [-0.2, 0) is 0 Å². The zero-order valence-corrected chi connectivity index (χ0v) is 12.9. The maximum absolute atomic E-state index is 5.89. The predicted molar refractivity (Wildman–Crippen MR) is 80.4 cm³/mol. The van der Waals surface area contributed by atoms with Crippen LogP contribution in [0.4, 0.5) is 5.69 Å². The number of anilines is 1. The predicted octanol–water partition coefficient (Wildman–Crippen LogP) is 2.43. The van der Waals surface area contributed by atoms with E-state index in [0.29, 0.717) is 12.5 Å². The van der Waals surface area contributed by atoms with Gasteiger partial charge in [0.25, 0.3) is 0 Å². The lowest BCUT2D eigenvalue weighted by atomic mass is 10.0. The summed E-state index contributed by atoms with van der Waals surface area (Å²) in [5.74, 6) is 2.16. The van der Waals surface area contributed by atoms with Gasteiger partial charge >= 0.3 is 0 Å². The van der Waals surface area contributed by atoms with E-state index in [9.17, 15) is 0 Å². The molecule has 0 aliphatic rings. The van der Waals surface area contributed by atoms with E-state index in [0.717, 1.165) is 22.7 Å². The highest BCUT2D eigenvalue weighted by molar-refractivity contribution is 5.65. The van der Waals surface area contributed by atoms with Crippen molar-refractivity contribution in [2.75, 3.05) is 32.7 Å². The maximum atomic E-state index is 5.89. The highest BCUT2D eigenvalue weighted by Crippen LogP contribution is 2.37. The Balaban J connectivity index is 3.23. The van der Waals surface area contributed by atoms with Crippen molar-refractivity contribution in [2.24, 2.45) is 11.7 Å². The summed E-state index contributed by atoms with van der Waals surface area (Å²) < 4.78 is 10.9. The standard InChI is InChI=1S/C15H26N2O2/c1-10(2)13(9-16)17(4)12-7-8-14(18-5)11(3)15(12)19-6/h7-8,10,13H,9,16H2,1-6H3. The van der Waals surface area contributed by atoms with Crippen LogP contribution in [0.15, 0.2) is 12.1 Å². The van der Waals surface area contributed by atoms with E-state index in [2.05, 4.69) is 25.8 Å². The summed E-state index contributed by atoms with van der Waals surface area (Å²) in [7, 11) is 5.41. The summed E-state index contributed by atoms with van der Waals surface area (Å²) in [6.07, 6.45) is 0. The molecule has 0 fully saturated rings. The van der Waals surface area contributed by atoms with Crippen molar-refractivity contribution >= 4 is 5.69 Å². The van der Waals surface area contributed by atoms with Crippen LogP contribution >= 0.6 is 0 Å². The molecule has 0 aliphatic carbocycles. The molecule has 0 radical (unpaired) electrons. The third kappa shape index (κ3) is 3.13. The molecule has 2 N–H and O–H groups in total. The minimum atomic E-state index is 0.279. The second-order valence-corrected chi connectivity index (χ2v) is 5.10. The largest absolute Gasteiger partial charge is 0.496 e. The molecule has 0 spiro atoms. The van der Waals surface area contributed by atoms with Crippen molar-refractivity contribution in [3.63, 3.8) is 0 Å². The van der Waals surface area contributed by atoms with Crippen LogP contribution in [0.5, 0.6) is 11.5 Å². The van der Waals surface area contributed by atoms with Gasteiger partial charge in [-0.05, 0) is 25.0 Å². The van der Waals surface area contributed by atoms with Gasteiger partial charge in [-0.1, -0.05) is 13.8 Å². The van der Waals surface area contributed by atoms with Crippen molar-refractivity contribution in [3.05, 3.63) is 17.7 Å². The van der Waals surface area contributed by atoms with E-state index in [4.69, 9.17) is 15.2 Å². The van der Waals surface area contributed by atoms with Crippen molar-refractivity contribution in [3.8, 4) is 11.5 Å². The quantitative estimate of drug-likeness (QED) is 0.859. The van der Waals surface area contributed by atoms with E-state index in [1.54, 1.807) is 14.2 Å². The number of hydrogen-bond acceptors (Lipinski definition) is 4. The average Bonchev–Trinajstić information content (AvgIpc) is 2.38. The van der Waals surface area contributed by atoms with E-state index >= 15 is 0 Å². The molecule has 0 aliphatic heterocycles. The topological polar surface area (TPSA) is 47.7 Å². The molecule has 1 aromatic rings. The van der Waals surface area contributed by atoms with Gasteiger partial charge in [0.05, 0.1) is 19.9 Å². The van der Waals surface area contributed by atoms with Gasteiger partial charge in [0.1, 0.15) is 11.5 Å². The minimum absolute atomic E-state index is 0.279. The third-order valence-electron chi connectivity index (χ3n) is 3.65. The number of methoxy groups -OCH3 is 2. The molecule has 0 heterocycles. The van der Waals surface area contributed by atoms with Gasteiger partial charge in [0.15, 0.2) is 0 Å². The molecule has 1 atom stereocenters. The molecular weight excluding hydrogens is 240 g/mol. The Morgan fingerprint density at radius 2 is 1.84 bits per heavy atom. The van der Waals surface area contributed by atoms with Gasteiger partial charge in [0, 0.05) is 25.2 Å². The zero-order valence-electron chi connectivity index (χ0n) is 12.9. The first-order chi connectivity index (χ1) is 8.97. The zero-order chi connectivity index (χ0) is 14.6. The van der Waals surface area contributed by atoms with Crippen LogP contribution in [0.25, 0.3) is 0 Å². The van der Waals surface area contributed by atoms with Gasteiger partial charge in [-0.2, -0.15) is 0 Å². The molecule has 4 nitrogen and oxygen atoms in total. The van der Waals surface area contributed by atoms with Crippen LogP contribution in [0.3, 0.4) is 0 Å². The number of hydrogen-bond donors (Lipinski definition) is 1. The van der Waals surface area contributed by atoms with Gasteiger partial charge in [0.2, 0.25) is 0 Å². The lowest BCUT2D eigenvalue weighted by molar-refractivity contribution is 0.386. The summed E-state index contributed by atoms with van der Waals surface area (Å²) >= 11 is 0. The fraction of sp³-hybridized carbons (Fsp3) is 0.600. The molecule has 1 unspecified atom stereocenters. The van der Waals surface area contributed by atoms with Crippen molar-refractivity contribution < 1.29 is 9.47 Å². The van der Waals surface area contributed by atoms with E-state index in [-0.39, 0.29) is 6.04 Å². The monoisotopic (exact) mass is 266 g/mol. The first-order valence-corrected chi connectivity index (χ1v) is 6.62. The molecule has 0 amide bonds. The van der Waals surface area contributed by atoms with Gasteiger partial charge < -0.3 is 20.1 Å². The average molecular weight is 266 g/mol. The summed E-state index contributed by atoms with van der Waals surface area (Å²) in [5, 5.41) is 0. The fourth-order valence-corrected chi connectivity index (χ4v) is 2.47. The number of likely N-dealkylation sites (N-methyl/N-ethyl adjacent to an activating group) is 1. The van der Waals surface area contributed by atoms with Gasteiger partial charge in [-0.3, -0.25) is 0 Å². The molecule has 0 aromatic heterocycles. The molecule has 4 heteroatoms. The minimum Gasteiger partial charge on any atom is -0.496 e. The van der Waals surface area contributed by atoms with Crippen molar-refractivity contribution in [2.45, 2.75) is 26.8 Å². The smallest absolute Gasteiger partial charge is 0.148 e. The summed E-state index contributed by atoms with van der Waals surface area (Å²) in [4.78, 5) is 2.19. The van der Waals surface area contributed by atoms with Crippen LogP contribution in [0.2, 0.25) is 0 Å². The molecule has 0 saturated heterocycles. The first-order valence-electron chi connectivity index (χ1n) is 6.62. The molecular formula is C15H26N2O2. The summed E-state index contributed by atoms with van der Waals surface area (Å²) in [6, 6.07) is 4.27. The summed E-state index contributed by atoms with van der Waals surface area (Å²) in [5.41, 5.74) is 7.94. The third-order valence-corrected chi connectivity index (χ3v) is 3.65. The van der Waals surface area contributed by atoms with E-state index < -0.39 is 0 Å².